The number of aromatic hydroxyl groups is 1. The number of nitriles is 1. The van der Waals surface area contributed by atoms with E-state index >= 15 is 0 Å². The van der Waals surface area contributed by atoms with Crippen molar-refractivity contribution in [1.29, 1.82) is 5.26 Å². The fourth-order valence-electron chi connectivity index (χ4n) is 2.70. The largest absolute Gasteiger partial charge is 0.506 e. The first-order valence-electron chi connectivity index (χ1n) is 6.79. The summed E-state index contributed by atoms with van der Waals surface area (Å²) in [6.45, 7) is 5.75. The Labute approximate surface area is 121 Å². The third-order valence-corrected chi connectivity index (χ3v) is 4.02. The zero-order valence-corrected chi connectivity index (χ0v) is 12.1. The monoisotopic (exact) mass is 281 g/mol. The third kappa shape index (κ3) is 1.66. The van der Waals surface area contributed by atoms with Crippen LogP contribution in [0.25, 0.3) is 16.7 Å². The van der Waals surface area contributed by atoms with Crippen LogP contribution >= 0.6 is 0 Å². The number of nitrogens with zero attached hydrogens (tertiary/aromatic N) is 2. The summed E-state index contributed by atoms with van der Waals surface area (Å²) in [5.41, 5.74) is 4.11. The highest BCUT2D eigenvalue weighted by Crippen LogP contribution is 2.27. The molecule has 0 saturated carbocycles. The van der Waals surface area contributed by atoms with E-state index in [1.807, 2.05) is 32.0 Å². The quantitative estimate of drug-likeness (QED) is 0.719. The van der Waals surface area contributed by atoms with Crippen molar-refractivity contribution in [3.05, 3.63) is 44.7 Å². The molecule has 2 N–H and O–H groups in total. The molecule has 3 rings (SSSR count). The Kier molecular flexibility index (Phi) is 2.77. The summed E-state index contributed by atoms with van der Waals surface area (Å²) in [7, 11) is 0. The normalized spacial score (nSPS) is 11.1. The van der Waals surface area contributed by atoms with Crippen molar-refractivity contribution < 1.29 is 5.11 Å². The van der Waals surface area contributed by atoms with Crippen LogP contribution < -0.4 is 5.56 Å². The molecule has 21 heavy (non-hydrogen) atoms. The SMILES string of the molecule is CCc1c(O)c(C#N)c2[nH]c3cc(C)c(C)cc3n2c1=O. The lowest BCUT2D eigenvalue weighted by Crippen LogP contribution is -2.18. The predicted molar refractivity (Wildman–Crippen MR) is 80.8 cm³/mol. The van der Waals surface area contributed by atoms with Gasteiger partial charge in [-0.15, -0.1) is 0 Å². The molecular formula is C16H15N3O2. The minimum Gasteiger partial charge on any atom is -0.506 e. The highest BCUT2D eigenvalue weighted by atomic mass is 16.3. The lowest BCUT2D eigenvalue weighted by molar-refractivity contribution is 0.465. The average molecular weight is 281 g/mol. The maximum Gasteiger partial charge on any atom is 0.263 e. The van der Waals surface area contributed by atoms with Crippen LogP contribution in [0.4, 0.5) is 0 Å². The molecule has 5 nitrogen and oxygen atoms in total. The van der Waals surface area contributed by atoms with Crippen molar-refractivity contribution in [3.8, 4) is 11.8 Å². The van der Waals surface area contributed by atoms with Crippen molar-refractivity contribution in [3.63, 3.8) is 0 Å². The first-order chi connectivity index (χ1) is 9.99. The van der Waals surface area contributed by atoms with Crippen LogP contribution in [0, 0.1) is 25.2 Å². The smallest absolute Gasteiger partial charge is 0.263 e. The highest BCUT2D eigenvalue weighted by Gasteiger charge is 2.19. The topological polar surface area (TPSA) is 81.3 Å². The summed E-state index contributed by atoms with van der Waals surface area (Å²) < 4.78 is 1.48. The molecule has 106 valence electrons. The van der Waals surface area contributed by atoms with Crippen molar-refractivity contribution in [2.75, 3.05) is 0 Å². The van der Waals surface area contributed by atoms with Crippen LogP contribution in [0.1, 0.15) is 29.2 Å². The molecule has 0 saturated heterocycles. The summed E-state index contributed by atoms with van der Waals surface area (Å²) in [5, 5.41) is 19.5. The molecule has 2 aromatic heterocycles. The van der Waals surface area contributed by atoms with Gasteiger partial charge < -0.3 is 10.1 Å². The maximum atomic E-state index is 12.6. The van der Waals surface area contributed by atoms with E-state index in [4.69, 9.17) is 0 Å². The Morgan fingerprint density at radius 2 is 2.00 bits per heavy atom. The standard InChI is InChI=1S/C16H15N3O2/c1-4-10-14(20)11(7-17)15-18-12-5-8(2)9(3)6-13(12)19(15)16(10)21/h5-6,18,20H,4H2,1-3H3. The Balaban J connectivity index is 2.66. The molecule has 0 atom stereocenters. The van der Waals surface area contributed by atoms with Gasteiger partial charge in [-0.25, -0.2) is 0 Å². The molecule has 0 amide bonds. The summed E-state index contributed by atoms with van der Waals surface area (Å²) in [6, 6.07) is 5.86. The van der Waals surface area contributed by atoms with E-state index in [-0.39, 0.29) is 22.4 Å². The van der Waals surface area contributed by atoms with Gasteiger partial charge in [0.15, 0.2) is 0 Å². The maximum absolute atomic E-state index is 12.6. The fourth-order valence-corrected chi connectivity index (χ4v) is 2.70. The second-order valence-corrected chi connectivity index (χ2v) is 5.24. The van der Waals surface area contributed by atoms with E-state index in [0.717, 1.165) is 22.2 Å². The molecule has 0 aliphatic rings. The van der Waals surface area contributed by atoms with Crippen LogP contribution in [0.5, 0.6) is 5.75 Å². The molecular weight excluding hydrogens is 266 g/mol. The van der Waals surface area contributed by atoms with E-state index in [1.165, 1.54) is 4.40 Å². The summed E-state index contributed by atoms with van der Waals surface area (Å²) in [5.74, 6) is -0.218. The number of nitrogens with one attached hydrogen (secondary N) is 1. The van der Waals surface area contributed by atoms with Gasteiger partial charge in [0.2, 0.25) is 0 Å². The second-order valence-electron chi connectivity index (χ2n) is 5.24. The third-order valence-electron chi connectivity index (χ3n) is 4.02. The Bertz CT molecular complexity index is 987. The Morgan fingerprint density at radius 3 is 2.62 bits per heavy atom. The lowest BCUT2D eigenvalue weighted by atomic mass is 10.1. The van der Waals surface area contributed by atoms with Crippen LogP contribution in [0.15, 0.2) is 16.9 Å². The number of pyridine rings is 1. The molecule has 0 aliphatic heterocycles. The van der Waals surface area contributed by atoms with E-state index in [9.17, 15) is 15.2 Å². The van der Waals surface area contributed by atoms with E-state index < -0.39 is 0 Å². The van der Waals surface area contributed by atoms with Gasteiger partial charge in [-0.05, 0) is 43.5 Å². The number of aryl methyl sites for hydroxylation is 2. The van der Waals surface area contributed by atoms with Crippen LogP contribution in [0.2, 0.25) is 0 Å². The van der Waals surface area contributed by atoms with Crippen LogP contribution in [-0.4, -0.2) is 14.5 Å². The van der Waals surface area contributed by atoms with Gasteiger partial charge in [0.05, 0.1) is 16.6 Å². The van der Waals surface area contributed by atoms with Crippen LogP contribution in [0.3, 0.4) is 0 Å². The molecule has 0 bridgehead atoms. The van der Waals surface area contributed by atoms with E-state index in [0.29, 0.717) is 12.1 Å². The van der Waals surface area contributed by atoms with Crippen molar-refractivity contribution in [2.45, 2.75) is 27.2 Å². The predicted octanol–water partition coefficient (Wildman–Crippen LogP) is 2.54. The zero-order chi connectivity index (χ0) is 15.3. The molecule has 5 heteroatoms. The summed E-state index contributed by atoms with van der Waals surface area (Å²) >= 11 is 0. The second kappa shape index (κ2) is 4.38. The van der Waals surface area contributed by atoms with E-state index in [2.05, 4.69) is 4.98 Å². The molecule has 3 aromatic rings. The zero-order valence-electron chi connectivity index (χ0n) is 12.1. The first-order valence-corrected chi connectivity index (χ1v) is 6.79. The molecule has 1 aromatic carbocycles. The van der Waals surface area contributed by atoms with Gasteiger partial charge >= 0.3 is 0 Å². The van der Waals surface area contributed by atoms with E-state index in [1.54, 1.807) is 6.92 Å². The summed E-state index contributed by atoms with van der Waals surface area (Å²) in [4.78, 5) is 15.7. The van der Waals surface area contributed by atoms with Gasteiger partial charge in [-0.2, -0.15) is 5.26 Å². The summed E-state index contributed by atoms with van der Waals surface area (Å²) in [6.07, 6.45) is 0.375. The number of hydrogen-bond donors (Lipinski definition) is 2. The van der Waals surface area contributed by atoms with Gasteiger partial charge in [0, 0.05) is 0 Å². The molecule has 0 aliphatic carbocycles. The number of aromatic nitrogens is 2. The van der Waals surface area contributed by atoms with Gasteiger partial charge in [-0.1, -0.05) is 6.92 Å². The number of rotatable bonds is 1. The number of hydrogen-bond acceptors (Lipinski definition) is 3. The van der Waals surface area contributed by atoms with Gasteiger partial charge in [0.25, 0.3) is 5.56 Å². The fraction of sp³-hybridized carbons (Fsp3) is 0.250. The number of H-pyrrole nitrogens is 1. The molecule has 0 unspecified atom stereocenters. The Morgan fingerprint density at radius 1 is 1.33 bits per heavy atom. The molecule has 0 radical (unpaired) electrons. The van der Waals surface area contributed by atoms with Crippen LogP contribution in [-0.2, 0) is 6.42 Å². The van der Waals surface area contributed by atoms with Gasteiger partial charge in [-0.3, -0.25) is 9.20 Å². The van der Waals surface area contributed by atoms with Crippen molar-refractivity contribution in [2.24, 2.45) is 0 Å². The van der Waals surface area contributed by atoms with Crippen molar-refractivity contribution >= 4 is 16.7 Å². The van der Waals surface area contributed by atoms with Gasteiger partial charge in [0.1, 0.15) is 23.0 Å². The number of fused-ring (bicyclic) bond motifs is 3. The molecule has 0 spiro atoms. The first kappa shape index (κ1) is 13.3. The lowest BCUT2D eigenvalue weighted by Gasteiger charge is -2.05. The Hall–Kier alpha value is -2.74. The number of aromatic amines is 1. The minimum atomic E-state index is -0.279. The number of benzene rings is 1. The number of imidazole rings is 1. The minimum absolute atomic E-state index is 0.109. The average Bonchev–Trinajstić information content (AvgIpc) is 2.78. The van der Waals surface area contributed by atoms with Crippen molar-refractivity contribution in [1.82, 2.24) is 9.38 Å². The molecule has 2 heterocycles. The highest BCUT2D eigenvalue weighted by molar-refractivity contribution is 5.84. The molecule has 0 fully saturated rings.